The van der Waals surface area contributed by atoms with Crippen LogP contribution in [0.25, 0.3) is 11.1 Å². The molecule has 0 aliphatic heterocycles. The van der Waals surface area contributed by atoms with E-state index in [-0.39, 0.29) is 5.91 Å². The second kappa shape index (κ2) is 7.77. The summed E-state index contributed by atoms with van der Waals surface area (Å²) in [7, 11) is 3.23. The largest absolute Gasteiger partial charge is 0.493 e. The summed E-state index contributed by atoms with van der Waals surface area (Å²) in [5.74, 6) is 1.35. The van der Waals surface area contributed by atoms with E-state index < -0.39 is 0 Å². The van der Waals surface area contributed by atoms with Gasteiger partial charge in [0.05, 0.1) is 14.2 Å². The molecule has 142 valence electrons. The molecule has 0 unspecified atom stereocenters. The van der Waals surface area contributed by atoms with Gasteiger partial charge in [0.2, 0.25) is 5.91 Å². The summed E-state index contributed by atoms with van der Waals surface area (Å²) in [6, 6.07) is 20.3. The second-order valence-electron chi connectivity index (χ2n) is 6.91. The van der Waals surface area contributed by atoms with Crippen LogP contribution in [0, 0.1) is 0 Å². The number of amides is 1. The van der Waals surface area contributed by atoms with E-state index in [1.54, 1.807) is 14.2 Å². The van der Waals surface area contributed by atoms with Gasteiger partial charge >= 0.3 is 0 Å². The Hall–Kier alpha value is -3.27. The van der Waals surface area contributed by atoms with Gasteiger partial charge in [-0.2, -0.15) is 0 Å². The predicted octanol–water partition coefficient (Wildman–Crippen LogP) is 4.85. The molecular weight excluding hydrogens is 350 g/mol. The minimum Gasteiger partial charge on any atom is -0.493 e. The minimum atomic E-state index is -0.0136. The molecule has 1 aliphatic carbocycles. The van der Waals surface area contributed by atoms with E-state index in [0.717, 1.165) is 17.7 Å². The molecule has 0 atom stereocenters. The summed E-state index contributed by atoms with van der Waals surface area (Å²) in [5, 5.41) is 3.02. The highest BCUT2D eigenvalue weighted by Crippen LogP contribution is 2.37. The lowest BCUT2D eigenvalue weighted by Crippen LogP contribution is -2.12. The molecule has 0 radical (unpaired) electrons. The lowest BCUT2D eigenvalue weighted by atomic mass is 10.1. The van der Waals surface area contributed by atoms with Crippen LogP contribution in [0.3, 0.4) is 0 Å². The normalized spacial score (nSPS) is 11.5. The van der Waals surface area contributed by atoms with E-state index in [2.05, 4.69) is 41.7 Å². The Kier molecular flexibility index (Phi) is 5.02. The Labute approximate surface area is 165 Å². The van der Waals surface area contributed by atoms with E-state index in [4.69, 9.17) is 9.47 Å². The summed E-state index contributed by atoms with van der Waals surface area (Å²) in [5.41, 5.74) is 6.95. The van der Waals surface area contributed by atoms with Crippen LogP contribution in [0.5, 0.6) is 11.5 Å². The topological polar surface area (TPSA) is 47.6 Å². The first kappa shape index (κ1) is 18.1. The molecule has 0 saturated carbocycles. The Balaban J connectivity index is 1.42. The first-order valence-electron chi connectivity index (χ1n) is 9.40. The van der Waals surface area contributed by atoms with Crippen LogP contribution in [-0.4, -0.2) is 20.1 Å². The first-order chi connectivity index (χ1) is 13.7. The SMILES string of the molecule is COc1cccc(CCC(=O)Nc2ccc3c(c2)Cc2ccccc2-3)c1OC. The predicted molar refractivity (Wildman–Crippen MR) is 111 cm³/mol. The fourth-order valence-corrected chi connectivity index (χ4v) is 3.85. The third kappa shape index (κ3) is 3.46. The lowest BCUT2D eigenvalue weighted by Gasteiger charge is -2.12. The van der Waals surface area contributed by atoms with Crippen LogP contribution < -0.4 is 14.8 Å². The van der Waals surface area contributed by atoms with Crippen LogP contribution in [0.15, 0.2) is 60.7 Å². The molecule has 0 spiro atoms. The van der Waals surface area contributed by atoms with Crippen molar-refractivity contribution >= 4 is 11.6 Å². The van der Waals surface area contributed by atoms with Gasteiger partial charge in [0.25, 0.3) is 0 Å². The maximum atomic E-state index is 12.5. The number of carbonyl (C=O) groups is 1. The quantitative estimate of drug-likeness (QED) is 0.526. The van der Waals surface area contributed by atoms with Gasteiger partial charge in [-0.3, -0.25) is 4.79 Å². The number of benzene rings is 3. The zero-order chi connectivity index (χ0) is 19.5. The number of carbonyl (C=O) groups excluding carboxylic acids is 1. The van der Waals surface area contributed by atoms with E-state index >= 15 is 0 Å². The Bertz CT molecular complexity index is 1030. The molecule has 4 nitrogen and oxygen atoms in total. The molecule has 0 saturated heterocycles. The number of para-hydroxylation sites is 1. The van der Waals surface area contributed by atoms with Crippen molar-refractivity contribution in [3.05, 3.63) is 77.4 Å². The summed E-state index contributed by atoms with van der Waals surface area (Å²) < 4.78 is 10.8. The van der Waals surface area contributed by atoms with Gasteiger partial charge < -0.3 is 14.8 Å². The van der Waals surface area contributed by atoms with Crippen LogP contribution >= 0.6 is 0 Å². The molecule has 0 heterocycles. The summed E-state index contributed by atoms with van der Waals surface area (Å²) in [6.45, 7) is 0. The Morgan fingerprint density at radius 2 is 1.75 bits per heavy atom. The Morgan fingerprint density at radius 1 is 0.929 bits per heavy atom. The molecule has 28 heavy (non-hydrogen) atoms. The average molecular weight is 373 g/mol. The van der Waals surface area contributed by atoms with Gasteiger partial charge in [-0.15, -0.1) is 0 Å². The zero-order valence-electron chi connectivity index (χ0n) is 16.1. The van der Waals surface area contributed by atoms with Crippen LogP contribution in [0.2, 0.25) is 0 Å². The molecule has 0 bridgehead atoms. The fourth-order valence-electron chi connectivity index (χ4n) is 3.85. The highest BCUT2D eigenvalue weighted by Gasteiger charge is 2.18. The van der Waals surface area contributed by atoms with Gasteiger partial charge in [0.1, 0.15) is 0 Å². The van der Waals surface area contributed by atoms with Crippen molar-refractivity contribution in [1.82, 2.24) is 0 Å². The van der Waals surface area contributed by atoms with Crippen molar-refractivity contribution in [2.75, 3.05) is 19.5 Å². The monoisotopic (exact) mass is 373 g/mol. The number of fused-ring (bicyclic) bond motifs is 3. The van der Waals surface area contributed by atoms with Gasteiger partial charge in [0.15, 0.2) is 11.5 Å². The molecule has 1 aliphatic rings. The van der Waals surface area contributed by atoms with Crippen LogP contribution in [-0.2, 0) is 17.6 Å². The third-order valence-electron chi connectivity index (χ3n) is 5.18. The van der Waals surface area contributed by atoms with E-state index in [0.29, 0.717) is 24.3 Å². The standard InChI is InChI=1S/C24H23NO3/c1-27-22-9-5-7-16(24(22)28-2)10-13-23(26)25-19-11-12-21-18(15-19)14-17-6-3-4-8-20(17)21/h3-9,11-12,15H,10,13-14H2,1-2H3,(H,25,26). The molecule has 0 fully saturated rings. The number of ether oxygens (including phenoxy) is 2. The van der Waals surface area contributed by atoms with Gasteiger partial charge in [-0.05, 0) is 58.9 Å². The van der Waals surface area contributed by atoms with Crippen molar-refractivity contribution < 1.29 is 14.3 Å². The molecule has 3 aromatic carbocycles. The Morgan fingerprint density at radius 3 is 2.57 bits per heavy atom. The highest BCUT2D eigenvalue weighted by molar-refractivity contribution is 5.92. The molecular formula is C24H23NO3. The number of hydrogen-bond acceptors (Lipinski definition) is 3. The number of aryl methyl sites for hydroxylation is 1. The van der Waals surface area contributed by atoms with E-state index in [1.165, 1.54) is 22.3 Å². The van der Waals surface area contributed by atoms with Crippen molar-refractivity contribution in [3.63, 3.8) is 0 Å². The molecule has 4 heteroatoms. The maximum Gasteiger partial charge on any atom is 0.224 e. The number of methoxy groups -OCH3 is 2. The fraction of sp³-hybridized carbons (Fsp3) is 0.208. The highest BCUT2D eigenvalue weighted by atomic mass is 16.5. The zero-order valence-corrected chi connectivity index (χ0v) is 16.1. The average Bonchev–Trinajstić information content (AvgIpc) is 3.09. The third-order valence-corrected chi connectivity index (χ3v) is 5.18. The van der Waals surface area contributed by atoms with Gasteiger partial charge in [0, 0.05) is 12.1 Å². The van der Waals surface area contributed by atoms with Crippen LogP contribution in [0.1, 0.15) is 23.1 Å². The molecule has 3 aromatic rings. The molecule has 1 amide bonds. The lowest BCUT2D eigenvalue weighted by molar-refractivity contribution is -0.116. The first-order valence-corrected chi connectivity index (χ1v) is 9.40. The smallest absolute Gasteiger partial charge is 0.224 e. The molecule has 0 aromatic heterocycles. The summed E-state index contributed by atoms with van der Waals surface area (Å²) >= 11 is 0. The second-order valence-corrected chi connectivity index (χ2v) is 6.91. The van der Waals surface area contributed by atoms with Crippen molar-refractivity contribution in [3.8, 4) is 22.6 Å². The number of hydrogen-bond donors (Lipinski definition) is 1. The summed E-state index contributed by atoms with van der Waals surface area (Å²) in [4.78, 5) is 12.5. The molecule has 1 N–H and O–H groups in total. The maximum absolute atomic E-state index is 12.5. The number of rotatable bonds is 6. The van der Waals surface area contributed by atoms with E-state index in [1.807, 2.05) is 24.3 Å². The van der Waals surface area contributed by atoms with Crippen LogP contribution in [0.4, 0.5) is 5.69 Å². The number of nitrogens with one attached hydrogen (secondary N) is 1. The van der Waals surface area contributed by atoms with Gasteiger partial charge in [-0.1, -0.05) is 42.5 Å². The van der Waals surface area contributed by atoms with Crippen molar-refractivity contribution in [1.29, 1.82) is 0 Å². The van der Waals surface area contributed by atoms with Crippen molar-refractivity contribution in [2.45, 2.75) is 19.3 Å². The van der Waals surface area contributed by atoms with Gasteiger partial charge in [-0.25, -0.2) is 0 Å². The van der Waals surface area contributed by atoms with E-state index in [9.17, 15) is 4.79 Å². The number of anilines is 1. The minimum absolute atomic E-state index is 0.0136. The molecule has 4 rings (SSSR count). The van der Waals surface area contributed by atoms with Crippen molar-refractivity contribution in [2.24, 2.45) is 0 Å². The summed E-state index contributed by atoms with van der Waals surface area (Å²) in [6.07, 6.45) is 1.87.